The number of phenols is 1. The zero-order valence-corrected chi connectivity index (χ0v) is 11.6. The number of phenolic OH excluding ortho intramolecular Hbond substituents is 1. The van der Waals surface area contributed by atoms with Crippen molar-refractivity contribution in [1.82, 2.24) is 5.32 Å². The lowest BCUT2D eigenvalue weighted by Gasteiger charge is -2.15. The van der Waals surface area contributed by atoms with E-state index in [1.54, 1.807) is 19.2 Å². The van der Waals surface area contributed by atoms with Crippen LogP contribution in [-0.4, -0.2) is 12.2 Å². The molecule has 0 fully saturated rings. The molecule has 2 N–H and O–H groups in total. The van der Waals surface area contributed by atoms with E-state index < -0.39 is 5.82 Å². The second-order valence-electron chi connectivity index (χ2n) is 4.63. The van der Waals surface area contributed by atoms with Crippen LogP contribution in [0.2, 0.25) is 0 Å². The van der Waals surface area contributed by atoms with Gasteiger partial charge < -0.3 is 15.2 Å². The topological polar surface area (TPSA) is 41.5 Å². The standard InChI is InChI=1S/C16H18FNO2/c1-11(12-5-3-7-14(9-12)20-2)18-10-13-6-4-8-15(17)16(13)19/h3-9,11,18-19H,10H2,1-2H3/t11-/m1/s1. The second kappa shape index (κ2) is 6.39. The van der Waals surface area contributed by atoms with Crippen LogP contribution in [0.15, 0.2) is 42.5 Å². The van der Waals surface area contributed by atoms with Gasteiger partial charge in [0.1, 0.15) is 5.75 Å². The molecule has 0 aliphatic heterocycles. The SMILES string of the molecule is COc1cccc([C@@H](C)NCc2cccc(F)c2O)c1. The Balaban J connectivity index is 2.04. The predicted octanol–water partition coefficient (Wildman–Crippen LogP) is 3.39. The van der Waals surface area contributed by atoms with Crippen LogP contribution in [0, 0.1) is 5.82 Å². The fourth-order valence-corrected chi connectivity index (χ4v) is 1.99. The highest BCUT2D eigenvalue weighted by Crippen LogP contribution is 2.23. The molecule has 4 heteroatoms. The Labute approximate surface area is 118 Å². The zero-order valence-electron chi connectivity index (χ0n) is 11.6. The molecular weight excluding hydrogens is 257 g/mol. The molecule has 20 heavy (non-hydrogen) atoms. The second-order valence-corrected chi connectivity index (χ2v) is 4.63. The highest BCUT2D eigenvalue weighted by atomic mass is 19.1. The summed E-state index contributed by atoms with van der Waals surface area (Å²) in [5.74, 6) is -0.0964. The minimum absolute atomic E-state index is 0.0627. The van der Waals surface area contributed by atoms with Gasteiger partial charge in [0, 0.05) is 18.2 Å². The van der Waals surface area contributed by atoms with E-state index in [0.29, 0.717) is 12.1 Å². The predicted molar refractivity (Wildman–Crippen MR) is 76.3 cm³/mol. The summed E-state index contributed by atoms with van der Waals surface area (Å²) in [6.45, 7) is 2.40. The Morgan fingerprint density at radius 1 is 1.25 bits per heavy atom. The summed E-state index contributed by atoms with van der Waals surface area (Å²) in [7, 11) is 1.63. The van der Waals surface area contributed by atoms with Crippen LogP contribution in [0.5, 0.6) is 11.5 Å². The van der Waals surface area contributed by atoms with Crippen molar-refractivity contribution in [3.63, 3.8) is 0 Å². The number of hydrogen-bond donors (Lipinski definition) is 2. The van der Waals surface area contributed by atoms with Gasteiger partial charge in [0.25, 0.3) is 0 Å². The van der Waals surface area contributed by atoms with Crippen molar-refractivity contribution < 1.29 is 14.2 Å². The first-order valence-corrected chi connectivity index (χ1v) is 6.45. The van der Waals surface area contributed by atoms with Gasteiger partial charge in [-0.25, -0.2) is 4.39 Å². The Morgan fingerprint density at radius 2 is 2.00 bits per heavy atom. The fraction of sp³-hybridized carbons (Fsp3) is 0.250. The molecule has 0 amide bonds. The molecule has 0 heterocycles. The van der Waals surface area contributed by atoms with Crippen LogP contribution in [-0.2, 0) is 6.54 Å². The lowest BCUT2D eigenvalue weighted by Crippen LogP contribution is -2.18. The molecule has 3 nitrogen and oxygen atoms in total. The molecule has 0 spiro atoms. The van der Waals surface area contributed by atoms with Crippen LogP contribution < -0.4 is 10.1 Å². The molecule has 0 bridgehead atoms. The van der Waals surface area contributed by atoms with E-state index in [1.807, 2.05) is 31.2 Å². The zero-order chi connectivity index (χ0) is 14.5. The number of nitrogens with one attached hydrogen (secondary N) is 1. The van der Waals surface area contributed by atoms with E-state index in [2.05, 4.69) is 5.32 Å². The summed E-state index contributed by atoms with van der Waals surface area (Å²) in [5, 5.41) is 12.9. The van der Waals surface area contributed by atoms with Crippen molar-refractivity contribution in [3.8, 4) is 11.5 Å². The molecule has 0 aliphatic rings. The van der Waals surface area contributed by atoms with Crippen molar-refractivity contribution in [2.75, 3.05) is 7.11 Å². The quantitative estimate of drug-likeness (QED) is 0.879. The van der Waals surface area contributed by atoms with Crippen molar-refractivity contribution in [2.24, 2.45) is 0 Å². The van der Waals surface area contributed by atoms with Gasteiger partial charge in [-0.05, 0) is 30.7 Å². The van der Waals surface area contributed by atoms with Crippen LogP contribution in [0.25, 0.3) is 0 Å². The molecule has 1 atom stereocenters. The molecule has 0 aliphatic carbocycles. The number of para-hydroxylation sites is 1. The summed E-state index contributed by atoms with van der Waals surface area (Å²) < 4.78 is 18.4. The smallest absolute Gasteiger partial charge is 0.165 e. The Kier molecular flexibility index (Phi) is 4.58. The number of rotatable bonds is 5. The number of halogens is 1. The third kappa shape index (κ3) is 3.27. The minimum atomic E-state index is -0.599. The summed E-state index contributed by atoms with van der Waals surface area (Å²) in [6, 6.07) is 12.3. The lowest BCUT2D eigenvalue weighted by atomic mass is 10.1. The maximum Gasteiger partial charge on any atom is 0.165 e. The highest BCUT2D eigenvalue weighted by molar-refractivity contribution is 5.34. The van der Waals surface area contributed by atoms with E-state index in [-0.39, 0.29) is 11.8 Å². The van der Waals surface area contributed by atoms with Gasteiger partial charge in [0.2, 0.25) is 0 Å². The molecule has 2 rings (SSSR count). The van der Waals surface area contributed by atoms with Gasteiger partial charge in [0.05, 0.1) is 7.11 Å². The highest BCUT2D eigenvalue weighted by Gasteiger charge is 2.09. The van der Waals surface area contributed by atoms with Gasteiger partial charge in [0.15, 0.2) is 11.6 Å². The molecule has 2 aromatic rings. The van der Waals surface area contributed by atoms with Crippen molar-refractivity contribution >= 4 is 0 Å². The number of aromatic hydroxyl groups is 1. The number of benzene rings is 2. The van der Waals surface area contributed by atoms with Gasteiger partial charge in [-0.3, -0.25) is 0 Å². The first-order chi connectivity index (χ1) is 9.61. The third-order valence-corrected chi connectivity index (χ3v) is 3.26. The Bertz CT molecular complexity index is 586. The van der Waals surface area contributed by atoms with E-state index in [0.717, 1.165) is 11.3 Å². The maximum absolute atomic E-state index is 13.2. The summed E-state index contributed by atoms with van der Waals surface area (Å²) in [4.78, 5) is 0. The Hall–Kier alpha value is -2.07. The van der Waals surface area contributed by atoms with Crippen LogP contribution in [0.1, 0.15) is 24.1 Å². The van der Waals surface area contributed by atoms with Crippen LogP contribution >= 0.6 is 0 Å². The average molecular weight is 275 g/mol. The van der Waals surface area contributed by atoms with Crippen molar-refractivity contribution in [2.45, 2.75) is 19.5 Å². The molecular formula is C16H18FNO2. The molecule has 0 radical (unpaired) electrons. The van der Waals surface area contributed by atoms with E-state index in [9.17, 15) is 9.50 Å². The average Bonchev–Trinajstić information content (AvgIpc) is 2.48. The molecule has 2 aromatic carbocycles. The molecule has 0 unspecified atom stereocenters. The van der Waals surface area contributed by atoms with Gasteiger partial charge in [-0.2, -0.15) is 0 Å². The lowest BCUT2D eigenvalue weighted by molar-refractivity contribution is 0.412. The van der Waals surface area contributed by atoms with Crippen LogP contribution in [0.4, 0.5) is 4.39 Å². The van der Waals surface area contributed by atoms with E-state index in [4.69, 9.17) is 4.74 Å². The number of methoxy groups -OCH3 is 1. The minimum Gasteiger partial charge on any atom is -0.505 e. The monoisotopic (exact) mass is 275 g/mol. The summed E-state index contributed by atoms with van der Waals surface area (Å²) in [5.41, 5.74) is 1.61. The normalized spacial score (nSPS) is 12.2. The van der Waals surface area contributed by atoms with Crippen LogP contribution in [0.3, 0.4) is 0 Å². The summed E-state index contributed by atoms with van der Waals surface area (Å²) >= 11 is 0. The molecule has 0 saturated carbocycles. The molecule has 0 saturated heterocycles. The molecule has 0 aromatic heterocycles. The van der Waals surface area contributed by atoms with Gasteiger partial charge >= 0.3 is 0 Å². The molecule has 106 valence electrons. The first kappa shape index (κ1) is 14.3. The van der Waals surface area contributed by atoms with Gasteiger partial charge in [-0.1, -0.05) is 24.3 Å². The van der Waals surface area contributed by atoms with Gasteiger partial charge in [-0.15, -0.1) is 0 Å². The van der Waals surface area contributed by atoms with Crippen molar-refractivity contribution in [3.05, 3.63) is 59.4 Å². The fourth-order valence-electron chi connectivity index (χ4n) is 1.99. The van der Waals surface area contributed by atoms with Crippen molar-refractivity contribution in [1.29, 1.82) is 0 Å². The Morgan fingerprint density at radius 3 is 2.75 bits per heavy atom. The van der Waals surface area contributed by atoms with E-state index >= 15 is 0 Å². The largest absolute Gasteiger partial charge is 0.505 e. The number of ether oxygens (including phenoxy) is 1. The van der Waals surface area contributed by atoms with E-state index in [1.165, 1.54) is 6.07 Å². The number of hydrogen-bond acceptors (Lipinski definition) is 3. The first-order valence-electron chi connectivity index (χ1n) is 6.45. The maximum atomic E-state index is 13.2. The summed E-state index contributed by atoms with van der Waals surface area (Å²) in [6.07, 6.45) is 0. The third-order valence-electron chi connectivity index (χ3n) is 3.26.